The maximum atomic E-state index is 11.7. The van der Waals surface area contributed by atoms with Gasteiger partial charge in [-0.15, -0.1) is 0 Å². The summed E-state index contributed by atoms with van der Waals surface area (Å²) < 4.78 is 0.703. The molecule has 0 radical (unpaired) electrons. The van der Waals surface area contributed by atoms with Crippen LogP contribution in [0.4, 0.5) is 0 Å². The Morgan fingerprint density at radius 3 is 2.71 bits per heavy atom. The molecule has 6 heteroatoms. The quantitative estimate of drug-likeness (QED) is 0.896. The Labute approximate surface area is 112 Å². The molecule has 1 aromatic rings. The first-order valence-corrected chi connectivity index (χ1v) is 6.05. The largest absolute Gasteiger partial charge is 0.481 e. The second-order valence-electron chi connectivity index (χ2n) is 3.60. The fourth-order valence-corrected chi connectivity index (χ4v) is 1.68. The summed E-state index contributed by atoms with van der Waals surface area (Å²) in [6.45, 7) is 1.63. The van der Waals surface area contributed by atoms with Crippen molar-refractivity contribution in [2.24, 2.45) is 0 Å². The minimum Gasteiger partial charge on any atom is -0.481 e. The van der Waals surface area contributed by atoms with Crippen molar-refractivity contribution in [1.29, 1.82) is 0 Å². The Balaban J connectivity index is 2.70. The van der Waals surface area contributed by atoms with Gasteiger partial charge in [0.2, 0.25) is 0 Å². The summed E-state index contributed by atoms with van der Waals surface area (Å²) >= 11 is 9.08. The van der Waals surface area contributed by atoms with E-state index in [1.165, 1.54) is 6.07 Å². The Hall–Kier alpha value is -1.07. The highest BCUT2D eigenvalue weighted by molar-refractivity contribution is 9.10. The van der Waals surface area contributed by atoms with Gasteiger partial charge in [-0.25, -0.2) is 0 Å². The van der Waals surface area contributed by atoms with E-state index in [1.807, 2.05) is 0 Å². The van der Waals surface area contributed by atoms with Crippen LogP contribution in [0.25, 0.3) is 0 Å². The van der Waals surface area contributed by atoms with Crippen LogP contribution in [0.5, 0.6) is 0 Å². The van der Waals surface area contributed by atoms with Crippen LogP contribution < -0.4 is 5.32 Å². The Morgan fingerprint density at radius 2 is 2.18 bits per heavy atom. The van der Waals surface area contributed by atoms with Gasteiger partial charge in [0.25, 0.3) is 5.91 Å². The van der Waals surface area contributed by atoms with Gasteiger partial charge < -0.3 is 10.4 Å². The third kappa shape index (κ3) is 4.36. The van der Waals surface area contributed by atoms with Gasteiger partial charge in [0.15, 0.2) is 0 Å². The van der Waals surface area contributed by atoms with E-state index >= 15 is 0 Å². The van der Waals surface area contributed by atoms with Crippen molar-refractivity contribution in [3.63, 3.8) is 0 Å². The Bertz CT molecular complexity index is 450. The number of hydrogen-bond donors (Lipinski definition) is 2. The van der Waals surface area contributed by atoms with Crippen LogP contribution in [-0.2, 0) is 4.79 Å². The van der Waals surface area contributed by atoms with Crippen molar-refractivity contribution in [2.45, 2.75) is 19.4 Å². The number of carboxylic acid groups (broad SMARTS) is 1. The number of amides is 1. The zero-order chi connectivity index (χ0) is 13.0. The number of aliphatic carboxylic acids is 1. The molecule has 17 heavy (non-hydrogen) atoms. The maximum Gasteiger partial charge on any atom is 0.305 e. The first-order chi connectivity index (χ1) is 7.90. The SMILES string of the molecule is CC(CC(=O)O)NC(=O)c1ccc(Br)c(Cl)c1. The van der Waals surface area contributed by atoms with Gasteiger partial charge in [-0.1, -0.05) is 11.6 Å². The first-order valence-electron chi connectivity index (χ1n) is 4.88. The van der Waals surface area contributed by atoms with Crippen LogP contribution in [0, 0.1) is 0 Å². The molecule has 0 aliphatic heterocycles. The number of carbonyl (C=O) groups is 2. The summed E-state index contributed by atoms with van der Waals surface area (Å²) in [7, 11) is 0. The number of halogens is 2. The summed E-state index contributed by atoms with van der Waals surface area (Å²) in [5, 5.41) is 11.6. The number of carbonyl (C=O) groups excluding carboxylic acids is 1. The van der Waals surface area contributed by atoms with Gasteiger partial charge in [-0.2, -0.15) is 0 Å². The highest BCUT2D eigenvalue weighted by Crippen LogP contribution is 2.23. The lowest BCUT2D eigenvalue weighted by molar-refractivity contribution is -0.137. The molecule has 4 nitrogen and oxygen atoms in total. The number of rotatable bonds is 4. The van der Waals surface area contributed by atoms with Crippen LogP contribution in [0.3, 0.4) is 0 Å². The summed E-state index contributed by atoms with van der Waals surface area (Å²) in [6.07, 6.45) is -0.115. The molecule has 2 N–H and O–H groups in total. The van der Waals surface area contributed by atoms with E-state index in [-0.39, 0.29) is 12.3 Å². The summed E-state index contributed by atoms with van der Waals surface area (Å²) in [5.41, 5.74) is 0.399. The van der Waals surface area contributed by atoms with Gasteiger partial charge in [-0.3, -0.25) is 9.59 Å². The van der Waals surface area contributed by atoms with E-state index in [4.69, 9.17) is 16.7 Å². The molecular formula is C11H11BrClNO3. The van der Waals surface area contributed by atoms with Crippen LogP contribution in [0.2, 0.25) is 5.02 Å². The van der Waals surface area contributed by atoms with Crippen molar-refractivity contribution in [3.8, 4) is 0 Å². The molecular weight excluding hydrogens is 309 g/mol. The lowest BCUT2D eigenvalue weighted by atomic mass is 10.2. The molecule has 1 aromatic carbocycles. The van der Waals surface area contributed by atoms with Crippen molar-refractivity contribution >= 4 is 39.4 Å². The molecule has 1 unspecified atom stereocenters. The normalized spacial score (nSPS) is 11.9. The highest BCUT2D eigenvalue weighted by Gasteiger charge is 2.13. The predicted molar refractivity (Wildman–Crippen MR) is 68.3 cm³/mol. The molecule has 0 heterocycles. The highest BCUT2D eigenvalue weighted by atomic mass is 79.9. The van der Waals surface area contributed by atoms with Crippen LogP contribution in [0.1, 0.15) is 23.7 Å². The number of carboxylic acids is 1. The Kier molecular flexibility index (Phi) is 4.96. The standard InChI is InChI=1S/C11H11BrClNO3/c1-6(4-10(15)16)14-11(17)7-2-3-8(12)9(13)5-7/h2-3,5-6H,4H2,1H3,(H,14,17)(H,15,16). The monoisotopic (exact) mass is 319 g/mol. The minimum absolute atomic E-state index is 0.115. The van der Waals surface area contributed by atoms with Gasteiger partial charge in [0.1, 0.15) is 0 Å². The summed E-state index contributed by atoms with van der Waals surface area (Å²) in [4.78, 5) is 22.2. The van der Waals surface area contributed by atoms with Crippen molar-refractivity contribution in [2.75, 3.05) is 0 Å². The first kappa shape index (κ1) is 14.0. The van der Waals surface area contributed by atoms with Crippen molar-refractivity contribution in [3.05, 3.63) is 33.3 Å². The van der Waals surface area contributed by atoms with Crippen LogP contribution in [-0.4, -0.2) is 23.0 Å². The molecule has 0 aliphatic rings. The summed E-state index contributed by atoms with van der Waals surface area (Å²) in [5.74, 6) is -1.29. The van der Waals surface area contributed by atoms with Gasteiger partial charge >= 0.3 is 5.97 Å². The van der Waals surface area contributed by atoms with E-state index in [9.17, 15) is 9.59 Å². The van der Waals surface area contributed by atoms with E-state index < -0.39 is 12.0 Å². The molecule has 0 fully saturated rings. The number of nitrogens with one attached hydrogen (secondary N) is 1. The molecule has 0 aromatic heterocycles. The second-order valence-corrected chi connectivity index (χ2v) is 4.86. The molecule has 92 valence electrons. The third-order valence-corrected chi connectivity index (χ3v) is 3.27. The van der Waals surface area contributed by atoms with Gasteiger partial charge in [-0.05, 0) is 41.1 Å². The molecule has 1 rings (SSSR count). The number of hydrogen-bond acceptors (Lipinski definition) is 2. The zero-order valence-electron chi connectivity index (χ0n) is 9.04. The second kappa shape index (κ2) is 6.02. The minimum atomic E-state index is -0.952. The van der Waals surface area contributed by atoms with Gasteiger partial charge in [0.05, 0.1) is 11.4 Å². The number of benzene rings is 1. The maximum absolute atomic E-state index is 11.7. The van der Waals surface area contributed by atoms with Crippen molar-refractivity contribution in [1.82, 2.24) is 5.32 Å². The molecule has 0 aliphatic carbocycles. The fourth-order valence-electron chi connectivity index (χ4n) is 1.26. The van der Waals surface area contributed by atoms with Gasteiger partial charge in [0, 0.05) is 16.1 Å². The predicted octanol–water partition coefficient (Wildman–Crippen LogP) is 2.70. The van der Waals surface area contributed by atoms with E-state index in [0.717, 1.165) is 0 Å². The molecule has 1 amide bonds. The van der Waals surface area contributed by atoms with E-state index in [1.54, 1.807) is 19.1 Å². The summed E-state index contributed by atoms with van der Waals surface area (Å²) in [6, 6.07) is 4.37. The molecule has 0 saturated carbocycles. The van der Waals surface area contributed by atoms with Crippen molar-refractivity contribution < 1.29 is 14.7 Å². The average molecular weight is 321 g/mol. The lowest BCUT2D eigenvalue weighted by Crippen LogP contribution is -2.34. The van der Waals surface area contributed by atoms with E-state index in [2.05, 4.69) is 21.2 Å². The zero-order valence-corrected chi connectivity index (χ0v) is 11.4. The average Bonchev–Trinajstić information content (AvgIpc) is 2.20. The lowest BCUT2D eigenvalue weighted by Gasteiger charge is -2.11. The Morgan fingerprint density at radius 1 is 1.53 bits per heavy atom. The molecule has 0 bridgehead atoms. The van der Waals surface area contributed by atoms with E-state index in [0.29, 0.717) is 15.1 Å². The molecule has 1 atom stereocenters. The van der Waals surface area contributed by atoms with Crippen LogP contribution >= 0.6 is 27.5 Å². The topological polar surface area (TPSA) is 66.4 Å². The smallest absolute Gasteiger partial charge is 0.305 e. The van der Waals surface area contributed by atoms with Crippen LogP contribution in [0.15, 0.2) is 22.7 Å². The molecule has 0 spiro atoms. The fraction of sp³-hybridized carbons (Fsp3) is 0.273. The molecule has 0 saturated heterocycles. The third-order valence-electron chi connectivity index (χ3n) is 2.04.